The molecule has 1 aliphatic rings. The zero-order chi connectivity index (χ0) is 23.1. The number of nitro benzene ring substituents is 1. The van der Waals surface area contributed by atoms with Crippen molar-refractivity contribution >= 4 is 45.8 Å². The molecule has 4 aromatic carbocycles. The number of carboxylic acids is 1. The van der Waals surface area contributed by atoms with E-state index in [0.717, 1.165) is 15.8 Å². The van der Waals surface area contributed by atoms with E-state index in [4.69, 9.17) is 0 Å². The largest absolute Gasteiger partial charge is 0.478 e. The molecule has 0 unspecified atom stereocenters. The first kappa shape index (κ1) is 20.7. The molecular weight excluding hydrogens is 440 g/mol. The van der Waals surface area contributed by atoms with Crippen molar-refractivity contribution in [3.8, 4) is 0 Å². The normalized spacial score (nSPS) is 12.0. The minimum absolute atomic E-state index is 0.0252. The lowest BCUT2D eigenvalue weighted by Gasteiger charge is -2.21. The van der Waals surface area contributed by atoms with Crippen LogP contribution in [0.4, 0.5) is 11.4 Å². The van der Waals surface area contributed by atoms with Crippen LogP contribution in [0, 0.1) is 10.1 Å². The molecule has 1 aliphatic heterocycles. The smallest absolute Gasteiger partial charge is 0.337 e. The van der Waals surface area contributed by atoms with E-state index in [1.807, 2.05) is 18.2 Å². The van der Waals surface area contributed by atoms with Crippen molar-refractivity contribution in [3.05, 3.63) is 105 Å². The number of carbonyl (C=O) groups is 2. The van der Waals surface area contributed by atoms with E-state index < -0.39 is 16.8 Å². The first-order valence-electron chi connectivity index (χ1n) is 10.1. The number of fused-ring (bicyclic) bond motifs is 4. The molecule has 0 aliphatic carbocycles. The fourth-order valence-electron chi connectivity index (χ4n) is 4.07. The highest BCUT2D eigenvalue weighted by Crippen LogP contribution is 2.43. The van der Waals surface area contributed by atoms with E-state index in [0.29, 0.717) is 17.5 Å². The fraction of sp³-hybridized carbons (Fsp3) is 0.0400. The Morgan fingerprint density at radius 3 is 2.36 bits per heavy atom. The van der Waals surface area contributed by atoms with Gasteiger partial charge in [0.05, 0.1) is 16.1 Å². The Bertz CT molecular complexity index is 1460. The molecule has 162 valence electrons. The van der Waals surface area contributed by atoms with Gasteiger partial charge in [0, 0.05) is 34.0 Å². The van der Waals surface area contributed by atoms with Gasteiger partial charge in [-0.15, -0.1) is 0 Å². The molecule has 0 aromatic heterocycles. The average molecular weight is 456 g/mol. The highest BCUT2D eigenvalue weighted by atomic mass is 32.2. The van der Waals surface area contributed by atoms with E-state index in [-0.39, 0.29) is 16.8 Å². The number of rotatable bonds is 4. The molecule has 0 atom stereocenters. The fourth-order valence-corrected chi connectivity index (χ4v) is 5.17. The number of nitrogens with one attached hydrogen (secondary N) is 1. The Kier molecular flexibility index (Phi) is 5.07. The van der Waals surface area contributed by atoms with Crippen LogP contribution >= 0.6 is 11.8 Å². The van der Waals surface area contributed by atoms with E-state index in [1.54, 1.807) is 23.9 Å². The van der Waals surface area contributed by atoms with Gasteiger partial charge >= 0.3 is 5.97 Å². The number of non-ortho nitro benzene ring substituents is 1. The van der Waals surface area contributed by atoms with Crippen LogP contribution in [0.1, 0.15) is 31.8 Å². The highest BCUT2D eigenvalue weighted by Gasteiger charge is 2.24. The molecule has 0 radical (unpaired) electrons. The SMILES string of the molecule is O=C(Nc1ccc([N+](=O)[O-])cc1)c1ccc2c3c(ccc2c1C(=O)O)Sc1ccccc1C3. The lowest BCUT2D eigenvalue weighted by Crippen LogP contribution is -2.17. The number of carboxylic acid groups (broad SMARTS) is 1. The van der Waals surface area contributed by atoms with Gasteiger partial charge < -0.3 is 10.4 Å². The zero-order valence-corrected chi connectivity index (χ0v) is 17.9. The summed E-state index contributed by atoms with van der Waals surface area (Å²) < 4.78 is 0. The van der Waals surface area contributed by atoms with Crippen LogP contribution in [0.3, 0.4) is 0 Å². The van der Waals surface area contributed by atoms with E-state index in [2.05, 4.69) is 17.4 Å². The predicted molar refractivity (Wildman–Crippen MR) is 125 cm³/mol. The molecule has 0 saturated carbocycles. The Balaban J connectivity index is 1.55. The minimum Gasteiger partial charge on any atom is -0.478 e. The molecule has 1 amide bonds. The van der Waals surface area contributed by atoms with Crippen molar-refractivity contribution in [1.82, 2.24) is 0 Å². The van der Waals surface area contributed by atoms with Crippen LogP contribution < -0.4 is 5.32 Å². The molecule has 33 heavy (non-hydrogen) atoms. The summed E-state index contributed by atoms with van der Waals surface area (Å²) >= 11 is 1.65. The minimum atomic E-state index is -1.20. The highest BCUT2D eigenvalue weighted by molar-refractivity contribution is 7.99. The number of amides is 1. The zero-order valence-electron chi connectivity index (χ0n) is 17.1. The second-order valence-electron chi connectivity index (χ2n) is 7.58. The molecule has 8 heteroatoms. The van der Waals surface area contributed by atoms with Crippen LogP contribution in [0.5, 0.6) is 0 Å². The quantitative estimate of drug-likeness (QED) is 0.263. The molecule has 0 bridgehead atoms. The van der Waals surface area contributed by atoms with Crippen molar-refractivity contribution in [2.45, 2.75) is 16.2 Å². The van der Waals surface area contributed by atoms with Gasteiger partial charge in [-0.3, -0.25) is 14.9 Å². The van der Waals surface area contributed by atoms with Gasteiger partial charge in [0.15, 0.2) is 0 Å². The Morgan fingerprint density at radius 1 is 0.909 bits per heavy atom. The number of nitrogens with zero attached hydrogens (tertiary/aromatic N) is 1. The lowest BCUT2D eigenvalue weighted by molar-refractivity contribution is -0.384. The van der Waals surface area contributed by atoms with Crippen LogP contribution in [0.25, 0.3) is 10.8 Å². The Morgan fingerprint density at radius 2 is 1.64 bits per heavy atom. The van der Waals surface area contributed by atoms with Gasteiger partial charge in [-0.05, 0) is 52.2 Å². The third-order valence-corrected chi connectivity index (χ3v) is 6.84. The van der Waals surface area contributed by atoms with E-state index in [1.165, 1.54) is 40.8 Å². The summed E-state index contributed by atoms with van der Waals surface area (Å²) in [4.78, 5) is 37.7. The molecule has 0 saturated heterocycles. The molecule has 5 rings (SSSR count). The summed E-state index contributed by atoms with van der Waals surface area (Å²) in [5, 5.41) is 24.7. The number of benzene rings is 4. The van der Waals surface area contributed by atoms with Gasteiger partial charge in [0.1, 0.15) is 0 Å². The second kappa shape index (κ2) is 8.07. The van der Waals surface area contributed by atoms with Crippen LogP contribution in [0.2, 0.25) is 0 Å². The van der Waals surface area contributed by atoms with Crippen molar-refractivity contribution in [3.63, 3.8) is 0 Å². The topological polar surface area (TPSA) is 110 Å². The third kappa shape index (κ3) is 3.70. The summed E-state index contributed by atoms with van der Waals surface area (Å²) in [6.07, 6.45) is 0.684. The molecule has 0 spiro atoms. The first-order valence-corrected chi connectivity index (χ1v) is 10.9. The number of anilines is 1. The molecule has 2 N–H and O–H groups in total. The monoisotopic (exact) mass is 456 g/mol. The van der Waals surface area contributed by atoms with Crippen LogP contribution in [0.15, 0.2) is 82.6 Å². The molecule has 4 aromatic rings. The molecule has 0 fully saturated rings. The maximum Gasteiger partial charge on any atom is 0.337 e. The predicted octanol–water partition coefficient (Wildman–Crippen LogP) is 5.75. The van der Waals surface area contributed by atoms with Crippen molar-refractivity contribution < 1.29 is 19.6 Å². The van der Waals surface area contributed by atoms with Gasteiger partial charge in [0.2, 0.25) is 0 Å². The van der Waals surface area contributed by atoms with Gasteiger partial charge in [0.25, 0.3) is 11.6 Å². The number of carbonyl (C=O) groups excluding carboxylic acids is 1. The standard InChI is InChI=1S/C25H16N2O5S/c28-24(26-15-5-7-16(8-6-15)27(31)32)19-10-9-17-18(23(19)25(29)30)11-12-22-20(17)13-14-3-1-2-4-21(14)33-22/h1-12H,13H2,(H,26,28)(H,29,30). The Labute approximate surface area is 192 Å². The molecule has 1 heterocycles. The number of aromatic carboxylic acids is 1. The van der Waals surface area contributed by atoms with Crippen LogP contribution in [-0.2, 0) is 6.42 Å². The number of nitro groups is 1. The van der Waals surface area contributed by atoms with Crippen molar-refractivity contribution in [1.29, 1.82) is 0 Å². The maximum absolute atomic E-state index is 12.9. The van der Waals surface area contributed by atoms with E-state index >= 15 is 0 Å². The Hall–Kier alpha value is -4.17. The van der Waals surface area contributed by atoms with Crippen molar-refractivity contribution in [2.75, 3.05) is 5.32 Å². The molecule has 7 nitrogen and oxygen atoms in total. The maximum atomic E-state index is 12.9. The van der Waals surface area contributed by atoms with Gasteiger partial charge in [-0.2, -0.15) is 0 Å². The van der Waals surface area contributed by atoms with E-state index in [9.17, 15) is 24.8 Å². The summed E-state index contributed by atoms with van der Waals surface area (Å²) in [7, 11) is 0. The van der Waals surface area contributed by atoms with Crippen molar-refractivity contribution in [2.24, 2.45) is 0 Å². The van der Waals surface area contributed by atoms with Gasteiger partial charge in [-0.1, -0.05) is 42.1 Å². The van der Waals surface area contributed by atoms with Crippen LogP contribution in [-0.4, -0.2) is 21.9 Å². The first-order chi connectivity index (χ1) is 15.9. The number of hydrogen-bond donors (Lipinski definition) is 2. The third-order valence-electron chi connectivity index (χ3n) is 5.62. The summed E-state index contributed by atoms with van der Waals surface area (Å²) in [5.74, 6) is -1.79. The molecular formula is C25H16N2O5S. The average Bonchev–Trinajstić information content (AvgIpc) is 2.82. The van der Waals surface area contributed by atoms with Gasteiger partial charge in [-0.25, -0.2) is 4.79 Å². The lowest BCUT2D eigenvalue weighted by atomic mass is 9.92. The summed E-state index contributed by atoms with van der Waals surface area (Å²) in [5.41, 5.74) is 2.41. The summed E-state index contributed by atoms with van der Waals surface area (Å²) in [6, 6.07) is 20.4. The second-order valence-corrected chi connectivity index (χ2v) is 8.66. The number of hydrogen-bond acceptors (Lipinski definition) is 5. The summed E-state index contributed by atoms with van der Waals surface area (Å²) in [6.45, 7) is 0.